The third kappa shape index (κ3) is 3.02. The van der Waals surface area contributed by atoms with Gasteiger partial charge in [0.1, 0.15) is 5.82 Å². The van der Waals surface area contributed by atoms with Crippen LogP contribution in [-0.4, -0.2) is 21.0 Å². The Kier molecular flexibility index (Phi) is 3.55. The predicted molar refractivity (Wildman–Crippen MR) is 63.7 cm³/mol. The van der Waals surface area contributed by atoms with Crippen molar-refractivity contribution in [1.82, 2.24) is 9.97 Å². The summed E-state index contributed by atoms with van der Waals surface area (Å²) in [6.07, 6.45) is -2.38. The number of nitrogens with one attached hydrogen (secondary N) is 1. The minimum absolute atomic E-state index is 0.0819. The van der Waals surface area contributed by atoms with Crippen LogP contribution >= 0.6 is 0 Å². The molecule has 20 heavy (non-hydrogen) atoms. The van der Waals surface area contributed by atoms with E-state index in [1.54, 1.807) is 0 Å². The highest BCUT2D eigenvalue weighted by molar-refractivity contribution is 5.85. The van der Waals surface area contributed by atoms with E-state index in [0.717, 1.165) is 18.5 Å². The molecule has 0 aliphatic heterocycles. The molecule has 2 aromatic rings. The average molecular weight is 283 g/mol. The number of para-hydroxylation sites is 1. The normalized spacial score (nSPS) is 11.2. The van der Waals surface area contributed by atoms with Crippen molar-refractivity contribution < 1.29 is 23.1 Å². The smallest absolute Gasteiger partial charge is 0.418 e. The number of aromatic carboxylic acids is 1. The molecule has 104 valence electrons. The van der Waals surface area contributed by atoms with Gasteiger partial charge in [-0.05, 0) is 12.1 Å². The predicted octanol–water partition coefficient (Wildman–Crippen LogP) is 2.94. The van der Waals surface area contributed by atoms with E-state index in [9.17, 15) is 18.0 Å². The number of carboxylic acids is 1. The van der Waals surface area contributed by atoms with Crippen molar-refractivity contribution in [2.75, 3.05) is 5.32 Å². The Hall–Kier alpha value is -2.64. The van der Waals surface area contributed by atoms with Crippen molar-refractivity contribution in [1.29, 1.82) is 0 Å². The maximum atomic E-state index is 12.8. The number of halogens is 3. The largest absolute Gasteiger partial charge is 0.476 e. The summed E-state index contributed by atoms with van der Waals surface area (Å²) in [5, 5.41) is 11.2. The third-order valence-corrected chi connectivity index (χ3v) is 2.35. The fourth-order valence-electron chi connectivity index (χ4n) is 1.51. The van der Waals surface area contributed by atoms with Gasteiger partial charge in [0.15, 0.2) is 5.69 Å². The number of nitrogens with zero attached hydrogens (tertiary/aromatic N) is 2. The van der Waals surface area contributed by atoms with E-state index in [2.05, 4.69) is 15.3 Å². The number of aromatic nitrogens is 2. The lowest BCUT2D eigenvalue weighted by atomic mass is 10.1. The van der Waals surface area contributed by atoms with Crippen molar-refractivity contribution in [2.45, 2.75) is 6.18 Å². The SMILES string of the molecule is O=C(O)c1cncc(Nc2ccccc2C(F)(F)F)n1. The second kappa shape index (κ2) is 5.16. The molecule has 0 radical (unpaired) electrons. The Morgan fingerprint density at radius 1 is 1.20 bits per heavy atom. The Morgan fingerprint density at radius 3 is 2.55 bits per heavy atom. The molecule has 0 fully saturated rings. The minimum Gasteiger partial charge on any atom is -0.476 e. The van der Waals surface area contributed by atoms with Gasteiger partial charge in [0.25, 0.3) is 0 Å². The van der Waals surface area contributed by atoms with Gasteiger partial charge in [-0.25, -0.2) is 9.78 Å². The van der Waals surface area contributed by atoms with Crippen LogP contribution in [-0.2, 0) is 6.18 Å². The van der Waals surface area contributed by atoms with Crippen LogP contribution in [0.3, 0.4) is 0 Å². The highest BCUT2D eigenvalue weighted by atomic mass is 19.4. The summed E-state index contributed by atoms with van der Waals surface area (Å²) in [4.78, 5) is 18.0. The molecule has 8 heteroatoms. The van der Waals surface area contributed by atoms with Crippen LogP contribution in [0.15, 0.2) is 36.7 Å². The van der Waals surface area contributed by atoms with Crippen LogP contribution in [0.5, 0.6) is 0 Å². The number of carbonyl (C=O) groups is 1. The molecule has 1 heterocycles. The molecule has 0 amide bonds. The van der Waals surface area contributed by atoms with E-state index >= 15 is 0 Å². The fraction of sp³-hybridized carbons (Fsp3) is 0.0833. The molecule has 0 atom stereocenters. The Balaban J connectivity index is 2.36. The van der Waals surface area contributed by atoms with Gasteiger partial charge in [0.2, 0.25) is 0 Å². The lowest BCUT2D eigenvalue weighted by molar-refractivity contribution is -0.136. The molecular weight excluding hydrogens is 275 g/mol. The number of benzene rings is 1. The summed E-state index contributed by atoms with van der Waals surface area (Å²) in [7, 11) is 0. The zero-order valence-electron chi connectivity index (χ0n) is 9.85. The zero-order chi connectivity index (χ0) is 14.8. The maximum Gasteiger partial charge on any atom is 0.418 e. The summed E-state index contributed by atoms with van der Waals surface area (Å²) in [6.45, 7) is 0. The molecule has 0 unspecified atom stereocenters. The van der Waals surface area contributed by atoms with Gasteiger partial charge >= 0.3 is 12.1 Å². The molecule has 2 rings (SSSR count). The molecule has 0 bridgehead atoms. The number of carboxylic acid groups (broad SMARTS) is 1. The number of alkyl halides is 3. The highest BCUT2D eigenvalue weighted by Gasteiger charge is 2.33. The highest BCUT2D eigenvalue weighted by Crippen LogP contribution is 2.35. The van der Waals surface area contributed by atoms with Gasteiger partial charge in [-0.3, -0.25) is 4.98 Å². The molecule has 0 spiro atoms. The number of hydrogen-bond acceptors (Lipinski definition) is 4. The Morgan fingerprint density at radius 2 is 1.90 bits per heavy atom. The summed E-state index contributed by atoms with van der Waals surface area (Å²) in [5.74, 6) is -1.40. The van der Waals surface area contributed by atoms with E-state index in [4.69, 9.17) is 5.11 Å². The molecule has 1 aromatic carbocycles. The fourth-order valence-corrected chi connectivity index (χ4v) is 1.51. The molecular formula is C12H8F3N3O2. The van der Waals surface area contributed by atoms with Crippen LogP contribution < -0.4 is 5.32 Å². The van der Waals surface area contributed by atoms with Crippen molar-refractivity contribution in [3.63, 3.8) is 0 Å². The van der Waals surface area contributed by atoms with Crippen molar-refractivity contribution in [3.8, 4) is 0 Å². The first-order chi connectivity index (χ1) is 9.38. The van der Waals surface area contributed by atoms with E-state index in [-0.39, 0.29) is 17.2 Å². The molecule has 0 aliphatic carbocycles. The van der Waals surface area contributed by atoms with Gasteiger partial charge in [0.05, 0.1) is 23.6 Å². The van der Waals surface area contributed by atoms with Gasteiger partial charge < -0.3 is 10.4 Å². The molecule has 2 N–H and O–H groups in total. The molecule has 0 saturated carbocycles. The first kappa shape index (κ1) is 13.8. The topological polar surface area (TPSA) is 75.1 Å². The first-order valence-electron chi connectivity index (χ1n) is 5.36. The van der Waals surface area contributed by atoms with Crippen LogP contribution in [0.25, 0.3) is 0 Å². The molecule has 0 saturated heterocycles. The van der Waals surface area contributed by atoms with Gasteiger partial charge in [-0.15, -0.1) is 0 Å². The van der Waals surface area contributed by atoms with Crippen molar-refractivity contribution in [3.05, 3.63) is 47.9 Å². The average Bonchev–Trinajstić information content (AvgIpc) is 2.38. The first-order valence-corrected chi connectivity index (χ1v) is 5.36. The summed E-state index contributed by atoms with van der Waals surface area (Å²) in [5.41, 5.74) is -1.46. The van der Waals surface area contributed by atoms with Crippen molar-refractivity contribution in [2.24, 2.45) is 0 Å². The maximum absolute atomic E-state index is 12.8. The van der Waals surface area contributed by atoms with E-state index in [0.29, 0.717) is 0 Å². The van der Waals surface area contributed by atoms with E-state index in [1.165, 1.54) is 18.2 Å². The molecule has 1 aromatic heterocycles. The summed E-state index contributed by atoms with van der Waals surface area (Å²) >= 11 is 0. The van der Waals surface area contributed by atoms with Crippen molar-refractivity contribution >= 4 is 17.5 Å². The summed E-state index contributed by atoms with van der Waals surface area (Å²) in [6, 6.07) is 4.81. The van der Waals surface area contributed by atoms with Gasteiger partial charge in [0, 0.05) is 0 Å². The second-order valence-corrected chi connectivity index (χ2v) is 3.76. The Bertz CT molecular complexity index is 644. The van der Waals surface area contributed by atoms with Crippen LogP contribution in [0, 0.1) is 0 Å². The second-order valence-electron chi connectivity index (χ2n) is 3.76. The number of rotatable bonds is 3. The summed E-state index contributed by atoms with van der Waals surface area (Å²) < 4.78 is 38.4. The number of anilines is 2. The number of hydrogen-bond donors (Lipinski definition) is 2. The standard InChI is InChI=1S/C12H8F3N3O2/c13-12(14,15)7-3-1-2-4-8(7)17-10-6-16-5-9(18-10)11(19)20/h1-6H,(H,17,18)(H,19,20). The van der Waals surface area contributed by atoms with Gasteiger partial charge in [-0.2, -0.15) is 13.2 Å². The van der Waals surface area contributed by atoms with E-state index < -0.39 is 17.7 Å². The monoisotopic (exact) mass is 283 g/mol. The van der Waals surface area contributed by atoms with Crippen LogP contribution in [0.2, 0.25) is 0 Å². The molecule has 0 aliphatic rings. The molecule has 5 nitrogen and oxygen atoms in total. The quantitative estimate of drug-likeness (QED) is 0.905. The minimum atomic E-state index is -4.53. The Labute approximate surface area is 111 Å². The van der Waals surface area contributed by atoms with Crippen LogP contribution in [0.4, 0.5) is 24.7 Å². The third-order valence-electron chi connectivity index (χ3n) is 2.35. The van der Waals surface area contributed by atoms with Gasteiger partial charge in [-0.1, -0.05) is 12.1 Å². The lowest BCUT2D eigenvalue weighted by Crippen LogP contribution is -2.10. The lowest BCUT2D eigenvalue weighted by Gasteiger charge is -2.13. The van der Waals surface area contributed by atoms with E-state index in [1.807, 2.05) is 0 Å². The van der Waals surface area contributed by atoms with Crippen LogP contribution in [0.1, 0.15) is 16.1 Å². The zero-order valence-corrected chi connectivity index (χ0v) is 9.85.